The minimum atomic E-state index is -1.39. The fraction of sp³-hybridized carbons (Fsp3) is 0.447. The number of aryl methyl sites for hydroxylation is 2. The molecule has 1 aromatic heterocycles. The number of benzene rings is 2. The Hall–Kier alpha value is -4.94. The van der Waals surface area contributed by atoms with Crippen molar-refractivity contribution in [2.24, 2.45) is 5.92 Å². The predicted molar refractivity (Wildman–Crippen MR) is 184 cm³/mol. The van der Waals surface area contributed by atoms with Crippen molar-refractivity contribution in [2.75, 3.05) is 6.61 Å². The number of esters is 1. The van der Waals surface area contributed by atoms with E-state index in [1.807, 2.05) is 13.8 Å². The largest absolute Gasteiger partial charge is 0.466 e. The first kappa shape index (κ1) is 38.9. The molecule has 2 heterocycles. The van der Waals surface area contributed by atoms with Crippen LogP contribution < -0.4 is 10.6 Å². The van der Waals surface area contributed by atoms with Crippen molar-refractivity contribution >= 4 is 23.9 Å². The second-order valence-corrected chi connectivity index (χ2v) is 14.1. The van der Waals surface area contributed by atoms with Gasteiger partial charge in [0.05, 0.1) is 37.9 Å². The highest BCUT2D eigenvalue weighted by Crippen LogP contribution is 2.34. The van der Waals surface area contributed by atoms with E-state index in [-0.39, 0.29) is 48.9 Å². The molecule has 3 amide bonds. The topological polar surface area (TPSA) is 127 Å². The molecule has 13 heteroatoms. The van der Waals surface area contributed by atoms with Gasteiger partial charge < -0.3 is 20.1 Å². The van der Waals surface area contributed by atoms with Crippen LogP contribution in [0.3, 0.4) is 0 Å². The molecule has 1 aliphatic heterocycles. The molecule has 0 spiro atoms. The van der Waals surface area contributed by atoms with Gasteiger partial charge in [-0.1, -0.05) is 19.9 Å². The highest BCUT2D eigenvalue weighted by molar-refractivity contribution is 5.96. The summed E-state index contributed by atoms with van der Waals surface area (Å²) in [5.41, 5.74) is 1.92. The Bertz CT molecular complexity index is 1800. The third-order valence-corrected chi connectivity index (χ3v) is 8.19. The average Bonchev–Trinajstić information content (AvgIpc) is 3.44. The van der Waals surface area contributed by atoms with E-state index >= 15 is 8.78 Å². The van der Waals surface area contributed by atoms with Gasteiger partial charge in [0, 0.05) is 5.56 Å². The molecule has 4 rings (SSSR count). The summed E-state index contributed by atoms with van der Waals surface area (Å²) in [6.07, 6.45) is -0.891. The van der Waals surface area contributed by atoms with E-state index in [1.165, 1.54) is 29.2 Å². The molecule has 0 unspecified atom stereocenters. The Morgan fingerprint density at radius 1 is 0.961 bits per heavy atom. The summed E-state index contributed by atoms with van der Waals surface area (Å²) in [6, 6.07) is 5.46. The number of amides is 3. The zero-order valence-corrected chi connectivity index (χ0v) is 30.2. The Labute approximate surface area is 296 Å². The SMILES string of the molecule is CCOC(=O)C[C@H](NC(=O)[C@H](CC(C)C)NC(=O)c1ccc2c(n1)CN(C(=O)OC(C)(C)C)C2)c1cc(-c2c(C)cc(F)cc2C)cc(F)c1F. The first-order valence-electron chi connectivity index (χ1n) is 16.9. The monoisotopic (exact) mass is 710 g/mol. The van der Waals surface area contributed by atoms with E-state index in [2.05, 4.69) is 15.6 Å². The van der Waals surface area contributed by atoms with Crippen LogP contribution in [0.1, 0.15) is 98.9 Å². The molecular formula is C38H45F3N4O6. The lowest BCUT2D eigenvalue weighted by atomic mass is 9.91. The standard InChI is InChI=1S/C38H45F3N4O6/c1-9-50-32(46)17-29(26-15-24(16-27(40)34(26)41)33-21(4)13-25(39)14-22(33)5)43-36(48)30(12-20(2)3)44-35(47)28-11-10-23-18-45(19-31(23)42-28)37(49)51-38(6,7)8/h10-11,13-16,20,29-30H,9,12,17-19H2,1-8H3,(H,43,48)(H,44,47)/t29-,30-/m0/s1. The van der Waals surface area contributed by atoms with Gasteiger partial charge >= 0.3 is 12.1 Å². The summed E-state index contributed by atoms with van der Waals surface area (Å²) in [6.45, 7) is 14.2. The Kier molecular flexibility index (Phi) is 12.2. The van der Waals surface area contributed by atoms with Crippen LogP contribution in [0.15, 0.2) is 36.4 Å². The Balaban J connectivity index is 1.61. The summed E-state index contributed by atoms with van der Waals surface area (Å²) in [4.78, 5) is 58.6. The van der Waals surface area contributed by atoms with E-state index in [0.717, 1.165) is 11.6 Å². The highest BCUT2D eigenvalue weighted by atomic mass is 19.2. The van der Waals surface area contributed by atoms with Gasteiger partial charge in [-0.3, -0.25) is 19.3 Å². The van der Waals surface area contributed by atoms with Gasteiger partial charge in [-0.15, -0.1) is 0 Å². The van der Waals surface area contributed by atoms with Crippen LogP contribution >= 0.6 is 0 Å². The van der Waals surface area contributed by atoms with Gasteiger partial charge in [-0.25, -0.2) is 22.9 Å². The number of nitrogens with zero attached hydrogens (tertiary/aromatic N) is 2. The first-order chi connectivity index (χ1) is 23.9. The lowest BCUT2D eigenvalue weighted by molar-refractivity contribution is -0.144. The summed E-state index contributed by atoms with van der Waals surface area (Å²) in [7, 11) is 0. The third kappa shape index (κ3) is 9.86. The molecule has 0 saturated carbocycles. The van der Waals surface area contributed by atoms with Gasteiger partial charge in [0.2, 0.25) is 5.91 Å². The number of pyridine rings is 1. The summed E-state index contributed by atoms with van der Waals surface area (Å²) in [5.74, 6) is -5.27. The lowest BCUT2D eigenvalue weighted by Gasteiger charge is -2.25. The average molecular weight is 711 g/mol. The minimum absolute atomic E-state index is 0.00951. The number of carbonyl (C=O) groups excluding carboxylic acids is 4. The maximum Gasteiger partial charge on any atom is 0.410 e. The Morgan fingerprint density at radius 3 is 2.24 bits per heavy atom. The fourth-order valence-corrected chi connectivity index (χ4v) is 6.04. The van der Waals surface area contributed by atoms with Crippen LogP contribution in [0.25, 0.3) is 11.1 Å². The fourth-order valence-electron chi connectivity index (χ4n) is 6.04. The molecule has 274 valence electrons. The smallest absolute Gasteiger partial charge is 0.410 e. The molecule has 2 aromatic carbocycles. The second-order valence-electron chi connectivity index (χ2n) is 14.1. The van der Waals surface area contributed by atoms with E-state index < -0.39 is 65.4 Å². The van der Waals surface area contributed by atoms with E-state index in [4.69, 9.17) is 9.47 Å². The van der Waals surface area contributed by atoms with Crippen LogP contribution in [-0.4, -0.2) is 52.0 Å². The zero-order valence-electron chi connectivity index (χ0n) is 30.2. The third-order valence-electron chi connectivity index (χ3n) is 8.19. The van der Waals surface area contributed by atoms with Gasteiger partial charge in [-0.05, 0) is 112 Å². The van der Waals surface area contributed by atoms with Crippen molar-refractivity contribution in [3.8, 4) is 11.1 Å². The number of carbonyl (C=O) groups is 4. The van der Waals surface area contributed by atoms with Crippen LogP contribution in [-0.2, 0) is 32.2 Å². The predicted octanol–water partition coefficient (Wildman–Crippen LogP) is 6.99. The molecular weight excluding hydrogens is 665 g/mol. The number of rotatable bonds is 11. The summed E-state index contributed by atoms with van der Waals surface area (Å²) < 4.78 is 55.4. The molecule has 0 fully saturated rings. The van der Waals surface area contributed by atoms with Crippen LogP contribution in [0.4, 0.5) is 18.0 Å². The number of nitrogens with one attached hydrogen (secondary N) is 2. The molecule has 3 aromatic rings. The highest BCUT2D eigenvalue weighted by Gasteiger charge is 2.32. The molecule has 2 atom stereocenters. The quantitative estimate of drug-likeness (QED) is 0.206. The van der Waals surface area contributed by atoms with Gasteiger partial charge in [0.25, 0.3) is 5.91 Å². The minimum Gasteiger partial charge on any atom is -0.466 e. The molecule has 1 aliphatic rings. The molecule has 10 nitrogen and oxygen atoms in total. The Morgan fingerprint density at radius 2 is 1.63 bits per heavy atom. The normalized spacial score (nSPS) is 13.8. The van der Waals surface area contributed by atoms with Crippen LogP contribution in [0.2, 0.25) is 0 Å². The zero-order chi connectivity index (χ0) is 37.8. The number of ether oxygens (including phenoxy) is 2. The number of hydrogen-bond acceptors (Lipinski definition) is 7. The van der Waals surface area contributed by atoms with Gasteiger partial charge in [0.15, 0.2) is 11.6 Å². The summed E-state index contributed by atoms with van der Waals surface area (Å²) in [5, 5.41) is 5.35. The van der Waals surface area contributed by atoms with Gasteiger partial charge in [-0.2, -0.15) is 0 Å². The second kappa shape index (κ2) is 15.9. The van der Waals surface area contributed by atoms with Crippen LogP contribution in [0, 0.1) is 37.2 Å². The van der Waals surface area contributed by atoms with Crippen molar-refractivity contribution in [3.05, 3.63) is 87.5 Å². The summed E-state index contributed by atoms with van der Waals surface area (Å²) >= 11 is 0. The molecule has 0 saturated heterocycles. The number of aromatic nitrogens is 1. The maximum absolute atomic E-state index is 15.6. The van der Waals surface area contributed by atoms with Crippen molar-refractivity contribution in [1.82, 2.24) is 20.5 Å². The molecule has 0 aliphatic carbocycles. The van der Waals surface area contributed by atoms with Crippen molar-refractivity contribution < 1.29 is 41.8 Å². The lowest BCUT2D eigenvalue weighted by Crippen LogP contribution is -2.49. The van der Waals surface area contributed by atoms with Crippen molar-refractivity contribution in [2.45, 2.75) is 99.0 Å². The number of fused-ring (bicyclic) bond motifs is 1. The molecule has 51 heavy (non-hydrogen) atoms. The van der Waals surface area contributed by atoms with Gasteiger partial charge in [0.1, 0.15) is 23.2 Å². The molecule has 2 N–H and O–H groups in total. The maximum atomic E-state index is 15.6. The number of halogens is 3. The van der Waals surface area contributed by atoms with Crippen molar-refractivity contribution in [1.29, 1.82) is 0 Å². The van der Waals surface area contributed by atoms with E-state index in [9.17, 15) is 23.6 Å². The molecule has 0 radical (unpaired) electrons. The van der Waals surface area contributed by atoms with E-state index in [1.54, 1.807) is 47.6 Å². The number of hydrogen-bond donors (Lipinski definition) is 2. The van der Waals surface area contributed by atoms with E-state index in [0.29, 0.717) is 22.4 Å². The molecule has 0 bridgehead atoms. The van der Waals surface area contributed by atoms with Crippen LogP contribution in [0.5, 0.6) is 0 Å². The first-order valence-corrected chi connectivity index (χ1v) is 16.9. The van der Waals surface area contributed by atoms with Crippen molar-refractivity contribution in [3.63, 3.8) is 0 Å².